The second-order valence-electron chi connectivity index (χ2n) is 5.43. The Morgan fingerprint density at radius 2 is 1.73 bits per heavy atom. The first-order valence-electron chi connectivity index (χ1n) is 7.07. The van der Waals surface area contributed by atoms with Crippen LogP contribution in [0.4, 0.5) is 4.79 Å². The summed E-state index contributed by atoms with van der Waals surface area (Å²) in [5.74, 6) is 0. The quantitative estimate of drug-likeness (QED) is 0.672. The predicted octanol–water partition coefficient (Wildman–Crippen LogP) is 3.27. The third-order valence-electron chi connectivity index (χ3n) is 3.49. The van der Waals surface area contributed by atoms with Gasteiger partial charge in [0.15, 0.2) is 0 Å². The minimum Gasteiger partial charge on any atom is -0.350 e. The maximum atomic E-state index is 10.8. The van der Waals surface area contributed by atoms with Crippen LogP contribution in [0.2, 0.25) is 0 Å². The maximum absolute atomic E-state index is 10.8. The molecule has 0 aliphatic carbocycles. The normalized spacial score (nSPS) is 11.5. The molecule has 0 saturated carbocycles. The lowest BCUT2D eigenvalue weighted by Gasteiger charge is -2.12. The van der Waals surface area contributed by atoms with Gasteiger partial charge in [0.05, 0.1) is 6.54 Å². The minimum absolute atomic E-state index is 0.0902. The number of nitrogens with two attached hydrogens (primary N) is 1. The number of benzene rings is 1. The molecule has 0 spiro atoms. The zero-order valence-corrected chi connectivity index (χ0v) is 13.1. The van der Waals surface area contributed by atoms with E-state index >= 15 is 0 Å². The molecule has 0 atom stereocenters. The van der Waals surface area contributed by atoms with Crippen molar-refractivity contribution in [3.8, 4) is 5.69 Å². The zero-order valence-electron chi connectivity index (χ0n) is 13.1. The number of urea groups is 1. The molecule has 2 amide bonds. The Labute approximate surface area is 130 Å². The summed E-state index contributed by atoms with van der Waals surface area (Å²) in [6.45, 7) is 6.07. The van der Waals surface area contributed by atoms with E-state index in [1.807, 2.05) is 37.3 Å². The molecule has 2 aromatic rings. The van der Waals surface area contributed by atoms with Crippen molar-refractivity contribution in [2.24, 2.45) is 5.73 Å². The number of carbonyl (C=O) groups excluding carboxylic acids is 1. The van der Waals surface area contributed by atoms with Gasteiger partial charge in [0, 0.05) is 17.1 Å². The molecule has 1 aromatic carbocycles. The summed E-state index contributed by atoms with van der Waals surface area (Å²) in [5.41, 5.74) is 10.3. The lowest BCUT2D eigenvalue weighted by molar-refractivity contribution is -0.0307. The first-order valence-corrected chi connectivity index (χ1v) is 7.07. The number of nitrogens with zero attached hydrogens (tertiary/aromatic N) is 2. The van der Waals surface area contributed by atoms with Crippen LogP contribution in [0.15, 0.2) is 42.0 Å². The second kappa shape index (κ2) is 6.49. The standard InChI is InChI=1S/C17H21N3O2/c1-12(11-19(22)17(18)21)10-15-6-8-16(9-7-15)20-13(2)4-5-14(20)3/h4-10,22H,11H2,1-3H3,(H2,18,21). The van der Waals surface area contributed by atoms with Crippen molar-refractivity contribution < 1.29 is 10.0 Å². The summed E-state index contributed by atoms with van der Waals surface area (Å²) in [7, 11) is 0. The van der Waals surface area contributed by atoms with Gasteiger partial charge in [0.2, 0.25) is 0 Å². The smallest absolute Gasteiger partial charge is 0.338 e. The van der Waals surface area contributed by atoms with Crippen molar-refractivity contribution in [2.75, 3.05) is 6.54 Å². The van der Waals surface area contributed by atoms with Crippen LogP contribution in [0.25, 0.3) is 11.8 Å². The molecule has 2 rings (SSSR count). The van der Waals surface area contributed by atoms with Gasteiger partial charge in [-0.2, -0.15) is 0 Å². The monoisotopic (exact) mass is 299 g/mol. The predicted molar refractivity (Wildman–Crippen MR) is 87.0 cm³/mol. The first kappa shape index (κ1) is 15.9. The number of carbonyl (C=O) groups is 1. The fourth-order valence-electron chi connectivity index (χ4n) is 2.44. The van der Waals surface area contributed by atoms with E-state index < -0.39 is 6.03 Å². The van der Waals surface area contributed by atoms with Gasteiger partial charge in [-0.25, -0.2) is 9.86 Å². The van der Waals surface area contributed by atoms with Gasteiger partial charge in [0.25, 0.3) is 0 Å². The molecule has 3 N–H and O–H groups in total. The van der Waals surface area contributed by atoms with E-state index in [0.29, 0.717) is 5.06 Å². The Bertz CT molecular complexity index is 680. The van der Waals surface area contributed by atoms with E-state index in [1.165, 1.54) is 11.4 Å². The van der Waals surface area contributed by atoms with Crippen molar-refractivity contribution >= 4 is 12.1 Å². The van der Waals surface area contributed by atoms with Crippen molar-refractivity contribution in [3.05, 3.63) is 58.9 Å². The van der Waals surface area contributed by atoms with Crippen LogP contribution < -0.4 is 5.73 Å². The van der Waals surface area contributed by atoms with Crippen LogP contribution in [0.1, 0.15) is 23.9 Å². The zero-order chi connectivity index (χ0) is 16.3. The molecule has 0 aliphatic heterocycles. The summed E-state index contributed by atoms with van der Waals surface area (Å²) < 4.78 is 2.18. The number of amides is 2. The maximum Gasteiger partial charge on any atom is 0.338 e. The van der Waals surface area contributed by atoms with E-state index in [4.69, 9.17) is 5.73 Å². The number of hydrogen-bond donors (Lipinski definition) is 2. The molecule has 0 aliphatic rings. The third-order valence-corrected chi connectivity index (χ3v) is 3.49. The average molecular weight is 299 g/mol. The summed E-state index contributed by atoms with van der Waals surface area (Å²) in [6.07, 6.45) is 1.91. The largest absolute Gasteiger partial charge is 0.350 e. The molecule has 0 radical (unpaired) electrons. The Hall–Kier alpha value is -2.53. The van der Waals surface area contributed by atoms with Crippen molar-refractivity contribution in [1.82, 2.24) is 9.63 Å². The molecule has 116 valence electrons. The van der Waals surface area contributed by atoms with Gasteiger partial charge < -0.3 is 10.3 Å². The third kappa shape index (κ3) is 3.56. The van der Waals surface area contributed by atoms with E-state index in [0.717, 1.165) is 16.8 Å². The summed E-state index contributed by atoms with van der Waals surface area (Å²) in [5, 5.41) is 9.81. The van der Waals surface area contributed by atoms with Crippen molar-refractivity contribution in [1.29, 1.82) is 0 Å². The number of aromatic nitrogens is 1. The van der Waals surface area contributed by atoms with Gasteiger partial charge in [-0.15, -0.1) is 0 Å². The van der Waals surface area contributed by atoms with E-state index in [-0.39, 0.29) is 6.54 Å². The van der Waals surface area contributed by atoms with Crippen LogP contribution in [-0.2, 0) is 0 Å². The molecule has 0 fully saturated rings. The van der Waals surface area contributed by atoms with Crippen LogP contribution in [0.3, 0.4) is 0 Å². The summed E-state index contributed by atoms with van der Waals surface area (Å²) in [6, 6.07) is 11.4. The summed E-state index contributed by atoms with van der Waals surface area (Å²) >= 11 is 0. The second-order valence-corrected chi connectivity index (χ2v) is 5.43. The van der Waals surface area contributed by atoms with Crippen LogP contribution >= 0.6 is 0 Å². The minimum atomic E-state index is -0.860. The highest BCUT2D eigenvalue weighted by Gasteiger charge is 2.06. The van der Waals surface area contributed by atoms with Gasteiger partial charge in [-0.3, -0.25) is 5.21 Å². The highest BCUT2D eigenvalue weighted by Crippen LogP contribution is 2.18. The van der Waals surface area contributed by atoms with E-state index in [2.05, 4.69) is 30.5 Å². The van der Waals surface area contributed by atoms with Crippen LogP contribution in [-0.4, -0.2) is 27.4 Å². The number of primary amides is 1. The van der Waals surface area contributed by atoms with Crippen LogP contribution in [0.5, 0.6) is 0 Å². The first-order chi connectivity index (χ1) is 10.4. The van der Waals surface area contributed by atoms with Gasteiger partial charge in [0.1, 0.15) is 0 Å². The van der Waals surface area contributed by atoms with Crippen molar-refractivity contribution in [3.63, 3.8) is 0 Å². The molecule has 22 heavy (non-hydrogen) atoms. The Morgan fingerprint density at radius 1 is 1.18 bits per heavy atom. The fraction of sp³-hybridized carbons (Fsp3) is 0.235. The number of hydrogen-bond acceptors (Lipinski definition) is 2. The Balaban J connectivity index is 2.17. The van der Waals surface area contributed by atoms with Crippen molar-refractivity contribution in [2.45, 2.75) is 20.8 Å². The number of rotatable bonds is 4. The van der Waals surface area contributed by atoms with E-state index in [1.54, 1.807) is 0 Å². The van der Waals surface area contributed by atoms with E-state index in [9.17, 15) is 10.0 Å². The molecule has 0 saturated heterocycles. The highest BCUT2D eigenvalue weighted by atomic mass is 16.5. The SMILES string of the molecule is CC(=Cc1ccc(-n2c(C)ccc2C)cc1)CN(O)C(N)=O. The molecular formula is C17H21N3O2. The number of hydroxylamine groups is 2. The Morgan fingerprint density at radius 3 is 2.23 bits per heavy atom. The average Bonchev–Trinajstić information content (AvgIpc) is 2.79. The highest BCUT2D eigenvalue weighted by molar-refractivity contribution is 5.71. The topological polar surface area (TPSA) is 71.5 Å². The number of aryl methyl sites for hydroxylation is 2. The van der Waals surface area contributed by atoms with Gasteiger partial charge in [-0.05, 0) is 50.6 Å². The molecule has 0 bridgehead atoms. The lowest BCUT2D eigenvalue weighted by Crippen LogP contribution is -2.33. The molecule has 1 aromatic heterocycles. The molecule has 1 heterocycles. The molecule has 5 nitrogen and oxygen atoms in total. The Kier molecular flexibility index (Phi) is 4.68. The van der Waals surface area contributed by atoms with Gasteiger partial charge in [-0.1, -0.05) is 23.8 Å². The fourth-order valence-corrected chi connectivity index (χ4v) is 2.44. The lowest BCUT2D eigenvalue weighted by atomic mass is 10.1. The van der Waals surface area contributed by atoms with Crippen LogP contribution in [0, 0.1) is 13.8 Å². The molecule has 0 unspecified atom stereocenters. The molecule has 5 heteroatoms. The van der Waals surface area contributed by atoms with Gasteiger partial charge >= 0.3 is 6.03 Å². The summed E-state index contributed by atoms with van der Waals surface area (Å²) in [4.78, 5) is 10.8. The molecular weight excluding hydrogens is 278 g/mol.